The van der Waals surface area contributed by atoms with Gasteiger partial charge < -0.3 is 15.0 Å². The van der Waals surface area contributed by atoms with E-state index in [0.717, 1.165) is 45.0 Å². The van der Waals surface area contributed by atoms with E-state index in [1.165, 1.54) is 24.9 Å². The van der Waals surface area contributed by atoms with E-state index in [1.54, 1.807) is 0 Å². The molecule has 2 aliphatic rings. The lowest BCUT2D eigenvalue weighted by Crippen LogP contribution is -2.51. The second-order valence-electron chi connectivity index (χ2n) is 7.76. The van der Waals surface area contributed by atoms with Crippen LogP contribution in [0.4, 0.5) is 5.69 Å². The topological polar surface area (TPSA) is 44.8 Å². The van der Waals surface area contributed by atoms with Crippen molar-refractivity contribution < 1.29 is 9.53 Å². The maximum Gasteiger partial charge on any atom is 0.251 e. The second-order valence-corrected chi connectivity index (χ2v) is 7.76. The number of anilines is 1. The van der Waals surface area contributed by atoms with Crippen LogP contribution < -0.4 is 10.2 Å². The summed E-state index contributed by atoms with van der Waals surface area (Å²) in [5, 5.41) is 3.14. The van der Waals surface area contributed by atoms with Crippen LogP contribution in [0.25, 0.3) is 0 Å². The van der Waals surface area contributed by atoms with Crippen molar-refractivity contribution in [3.8, 4) is 0 Å². The Morgan fingerprint density at radius 3 is 2.31 bits per heavy atom. The first-order valence-corrected chi connectivity index (χ1v) is 10.1. The first kappa shape index (κ1) is 19.2. The molecular formula is C21H33N3O2. The fraction of sp³-hybridized carbons (Fsp3) is 0.667. The van der Waals surface area contributed by atoms with Gasteiger partial charge in [-0.25, -0.2) is 0 Å². The molecule has 0 aliphatic carbocycles. The summed E-state index contributed by atoms with van der Waals surface area (Å²) in [6.07, 6.45) is 3.86. The van der Waals surface area contributed by atoms with Gasteiger partial charge in [0.2, 0.25) is 0 Å². The molecule has 0 saturated carbocycles. The second kappa shape index (κ2) is 9.38. The zero-order valence-electron chi connectivity index (χ0n) is 16.2. The van der Waals surface area contributed by atoms with Gasteiger partial charge in [-0.3, -0.25) is 9.69 Å². The van der Waals surface area contributed by atoms with E-state index >= 15 is 0 Å². The molecule has 2 aliphatic heterocycles. The van der Waals surface area contributed by atoms with Crippen LogP contribution in [0.15, 0.2) is 24.3 Å². The summed E-state index contributed by atoms with van der Waals surface area (Å²) in [7, 11) is 0. The fourth-order valence-corrected chi connectivity index (χ4v) is 3.97. The number of carbonyl (C=O) groups excluding carboxylic acids is 1. The number of carbonyl (C=O) groups is 1. The third kappa shape index (κ3) is 4.98. The molecule has 144 valence electrons. The Kier molecular flexibility index (Phi) is 6.92. The van der Waals surface area contributed by atoms with Gasteiger partial charge in [0.1, 0.15) is 0 Å². The lowest BCUT2D eigenvalue weighted by molar-refractivity contribution is 0.00673. The van der Waals surface area contributed by atoms with Gasteiger partial charge in [0.25, 0.3) is 5.91 Å². The first-order valence-electron chi connectivity index (χ1n) is 10.1. The van der Waals surface area contributed by atoms with Crippen LogP contribution >= 0.6 is 0 Å². The van der Waals surface area contributed by atoms with Crippen LogP contribution in [-0.2, 0) is 4.74 Å². The van der Waals surface area contributed by atoms with E-state index in [0.29, 0.717) is 18.5 Å². The molecular weight excluding hydrogens is 326 g/mol. The molecule has 5 heteroatoms. The van der Waals surface area contributed by atoms with Crippen molar-refractivity contribution >= 4 is 11.6 Å². The summed E-state index contributed by atoms with van der Waals surface area (Å²) in [6, 6.07) is 8.44. The lowest BCUT2D eigenvalue weighted by atomic mass is 10.0. The summed E-state index contributed by atoms with van der Waals surface area (Å²) < 4.78 is 5.45. The molecule has 26 heavy (non-hydrogen) atoms. The predicted molar refractivity (Wildman–Crippen MR) is 106 cm³/mol. The highest BCUT2D eigenvalue weighted by molar-refractivity contribution is 5.94. The van der Waals surface area contributed by atoms with Crippen molar-refractivity contribution in [2.75, 3.05) is 50.8 Å². The van der Waals surface area contributed by atoms with E-state index in [-0.39, 0.29) is 5.91 Å². The van der Waals surface area contributed by atoms with Gasteiger partial charge >= 0.3 is 0 Å². The van der Waals surface area contributed by atoms with E-state index < -0.39 is 0 Å². The highest BCUT2D eigenvalue weighted by Crippen LogP contribution is 2.20. The molecule has 0 bridgehead atoms. The number of amides is 1. The Balaban J connectivity index is 1.54. The summed E-state index contributed by atoms with van der Waals surface area (Å²) >= 11 is 0. The molecule has 2 fully saturated rings. The van der Waals surface area contributed by atoms with Crippen LogP contribution in [0.1, 0.15) is 43.5 Å². The number of morpholine rings is 1. The van der Waals surface area contributed by atoms with Gasteiger partial charge in [0, 0.05) is 50.0 Å². The van der Waals surface area contributed by atoms with Crippen LogP contribution in [0, 0.1) is 5.92 Å². The third-order valence-corrected chi connectivity index (χ3v) is 5.61. The summed E-state index contributed by atoms with van der Waals surface area (Å²) in [5.74, 6) is 0.518. The first-order chi connectivity index (χ1) is 12.6. The Labute approximate surface area is 157 Å². The van der Waals surface area contributed by atoms with Crippen molar-refractivity contribution in [3.63, 3.8) is 0 Å². The van der Waals surface area contributed by atoms with Crippen LogP contribution in [-0.4, -0.2) is 62.8 Å². The number of hydrogen-bond acceptors (Lipinski definition) is 4. The molecule has 2 heterocycles. The fourth-order valence-electron chi connectivity index (χ4n) is 3.97. The standard InChI is InChI=1S/C21H33N3O2/c1-17(2)20(24-12-14-26-15-13-24)16-22-21(25)18-6-8-19(9-7-18)23-10-4-3-5-11-23/h6-9,17,20H,3-5,10-16H2,1-2H3,(H,22,25)/t20-/m1/s1. The molecule has 1 atom stereocenters. The highest BCUT2D eigenvalue weighted by atomic mass is 16.5. The minimum Gasteiger partial charge on any atom is -0.379 e. The maximum atomic E-state index is 12.6. The summed E-state index contributed by atoms with van der Waals surface area (Å²) in [6.45, 7) is 10.9. The smallest absolute Gasteiger partial charge is 0.251 e. The van der Waals surface area contributed by atoms with Crippen LogP contribution in [0.2, 0.25) is 0 Å². The lowest BCUT2D eigenvalue weighted by Gasteiger charge is -2.36. The minimum atomic E-state index is 0.0223. The Hall–Kier alpha value is -1.59. The van der Waals surface area contributed by atoms with Gasteiger partial charge in [0.15, 0.2) is 0 Å². The van der Waals surface area contributed by atoms with E-state index in [9.17, 15) is 4.79 Å². The Morgan fingerprint density at radius 1 is 1.04 bits per heavy atom. The van der Waals surface area contributed by atoms with Gasteiger partial charge in [-0.1, -0.05) is 13.8 Å². The van der Waals surface area contributed by atoms with Crippen molar-refractivity contribution in [2.24, 2.45) is 5.92 Å². The minimum absolute atomic E-state index is 0.0223. The molecule has 0 spiro atoms. The Bertz CT molecular complexity index is 561. The van der Waals surface area contributed by atoms with Gasteiger partial charge in [-0.05, 0) is 49.4 Å². The SMILES string of the molecule is CC(C)[C@@H](CNC(=O)c1ccc(N2CCCCC2)cc1)N1CCOCC1. The van der Waals surface area contributed by atoms with Gasteiger partial charge in [0.05, 0.1) is 13.2 Å². The summed E-state index contributed by atoms with van der Waals surface area (Å²) in [4.78, 5) is 17.4. The molecule has 0 aromatic heterocycles. The number of ether oxygens (including phenoxy) is 1. The molecule has 1 aromatic rings. The number of benzene rings is 1. The quantitative estimate of drug-likeness (QED) is 0.848. The van der Waals surface area contributed by atoms with E-state index in [4.69, 9.17) is 4.74 Å². The number of piperidine rings is 1. The molecule has 1 N–H and O–H groups in total. The van der Waals surface area contributed by atoms with Gasteiger partial charge in [-0.15, -0.1) is 0 Å². The predicted octanol–water partition coefficient (Wildman–Crippen LogP) is 2.76. The number of rotatable bonds is 6. The number of hydrogen-bond donors (Lipinski definition) is 1. The molecule has 3 rings (SSSR count). The largest absolute Gasteiger partial charge is 0.379 e. The van der Waals surface area contributed by atoms with Crippen molar-refractivity contribution in [3.05, 3.63) is 29.8 Å². The number of nitrogens with zero attached hydrogens (tertiary/aromatic N) is 2. The zero-order chi connectivity index (χ0) is 18.4. The van der Waals surface area contributed by atoms with Crippen molar-refractivity contribution in [1.82, 2.24) is 10.2 Å². The van der Waals surface area contributed by atoms with Crippen LogP contribution in [0.5, 0.6) is 0 Å². The molecule has 0 radical (unpaired) electrons. The number of nitrogens with one attached hydrogen (secondary N) is 1. The van der Waals surface area contributed by atoms with E-state index in [1.807, 2.05) is 12.1 Å². The molecule has 5 nitrogen and oxygen atoms in total. The van der Waals surface area contributed by atoms with Crippen molar-refractivity contribution in [1.29, 1.82) is 0 Å². The molecule has 2 saturated heterocycles. The Morgan fingerprint density at radius 2 is 1.69 bits per heavy atom. The normalized spacial score (nSPS) is 20.2. The van der Waals surface area contributed by atoms with Crippen LogP contribution in [0.3, 0.4) is 0 Å². The van der Waals surface area contributed by atoms with Crippen molar-refractivity contribution in [2.45, 2.75) is 39.2 Å². The third-order valence-electron chi connectivity index (χ3n) is 5.61. The average molecular weight is 360 g/mol. The maximum absolute atomic E-state index is 12.6. The van der Waals surface area contributed by atoms with Gasteiger partial charge in [-0.2, -0.15) is 0 Å². The molecule has 1 amide bonds. The van der Waals surface area contributed by atoms with E-state index in [2.05, 4.69) is 41.1 Å². The monoisotopic (exact) mass is 359 g/mol. The highest BCUT2D eigenvalue weighted by Gasteiger charge is 2.24. The average Bonchev–Trinajstić information content (AvgIpc) is 2.69. The molecule has 0 unspecified atom stereocenters. The summed E-state index contributed by atoms with van der Waals surface area (Å²) in [5.41, 5.74) is 1.98. The molecule has 1 aromatic carbocycles. The zero-order valence-corrected chi connectivity index (χ0v) is 16.2.